The number of anilines is 3. The van der Waals surface area contributed by atoms with Gasteiger partial charge in [-0.3, -0.25) is 10.6 Å². The SMILES string of the molecule is Cc1ccc(-n2nc(C(C)(C)C)cc2NC(=O)Nc2ccc(Oc3ccnc(NC(=O)NC4CCN(C(=O)O)CC4)c3)c3ccccc23)cc1. The number of likely N-dealkylation sites (tertiary alicyclic amines) is 1. The number of rotatable bonds is 7. The normalized spacial score (nSPS) is 13.5. The monoisotopic (exact) mass is 676 g/mol. The Morgan fingerprint density at radius 1 is 0.860 bits per heavy atom. The first-order valence-corrected chi connectivity index (χ1v) is 16.4. The molecule has 5 N–H and O–H groups in total. The molecule has 0 saturated carbocycles. The highest BCUT2D eigenvalue weighted by Crippen LogP contribution is 2.35. The predicted octanol–water partition coefficient (Wildman–Crippen LogP) is 7.73. The Kier molecular flexibility index (Phi) is 9.57. The van der Waals surface area contributed by atoms with Gasteiger partial charge in [-0.1, -0.05) is 62.7 Å². The van der Waals surface area contributed by atoms with Gasteiger partial charge in [0.15, 0.2) is 0 Å². The zero-order valence-electron chi connectivity index (χ0n) is 28.4. The Morgan fingerprint density at radius 3 is 2.28 bits per heavy atom. The first kappa shape index (κ1) is 33.8. The number of amides is 5. The van der Waals surface area contributed by atoms with Crippen molar-refractivity contribution in [2.45, 2.75) is 52.0 Å². The van der Waals surface area contributed by atoms with E-state index in [9.17, 15) is 14.4 Å². The van der Waals surface area contributed by atoms with Crippen molar-refractivity contribution in [2.24, 2.45) is 0 Å². The lowest BCUT2D eigenvalue weighted by molar-refractivity contribution is 0.130. The van der Waals surface area contributed by atoms with Crippen LogP contribution in [0.3, 0.4) is 0 Å². The molecule has 1 aliphatic rings. The molecule has 0 unspecified atom stereocenters. The van der Waals surface area contributed by atoms with Gasteiger partial charge in [-0.2, -0.15) is 5.10 Å². The summed E-state index contributed by atoms with van der Waals surface area (Å²) in [5.41, 5.74) is 3.16. The number of pyridine rings is 1. The molecule has 1 fully saturated rings. The summed E-state index contributed by atoms with van der Waals surface area (Å²) in [6.07, 6.45) is 1.65. The van der Waals surface area contributed by atoms with Crippen LogP contribution in [-0.2, 0) is 5.41 Å². The Hall–Kier alpha value is -6.11. The molecule has 6 rings (SSSR count). The number of aromatic nitrogens is 3. The van der Waals surface area contributed by atoms with E-state index in [4.69, 9.17) is 14.9 Å². The van der Waals surface area contributed by atoms with E-state index in [2.05, 4.69) is 47.0 Å². The zero-order chi connectivity index (χ0) is 35.4. The van der Waals surface area contributed by atoms with Gasteiger partial charge in [-0.15, -0.1) is 0 Å². The lowest BCUT2D eigenvalue weighted by atomic mass is 9.92. The van der Waals surface area contributed by atoms with E-state index in [-0.39, 0.29) is 11.5 Å². The van der Waals surface area contributed by atoms with Crippen molar-refractivity contribution in [3.8, 4) is 17.2 Å². The molecule has 2 aromatic heterocycles. The summed E-state index contributed by atoms with van der Waals surface area (Å²) in [7, 11) is 0. The number of aryl methyl sites for hydroxylation is 1. The van der Waals surface area contributed by atoms with Crippen molar-refractivity contribution in [3.63, 3.8) is 0 Å². The van der Waals surface area contributed by atoms with Crippen LogP contribution >= 0.6 is 0 Å². The number of carboxylic acid groups (broad SMARTS) is 1. The predicted molar refractivity (Wildman–Crippen MR) is 193 cm³/mol. The molecular formula is C37H40N8O5. The third-order valence-corrected chi connectivity index (χ3v) is 8.43. The molecular weight excluding hydrogens is 636 g/mol. The zero-order valence-corrected chi connectivity index (χ0v) is 28.4. The fraction of sp³-hybridized carbons (Fsp3) is 0.270. The van der Waals surface area contributed by atoms with E-state index < -0.39 is 18.2 Å². The molecule has 258 valence electrons. The van der Waals surface area contributed by atoms with Gasteiger partial charge in [0.1, 0.15) is 23.1 Å². The number of hydrogen-bond donors (Lipinski definition) is 5. The number of nitrogens with one attached hydrogen (secondary N) is 4. The number of fused-ring (bicyclic) bond motifs is 1. The minimum Gasteiger partial charge on any atom is -0.465 e. The topological polar surface area (TPSA) is 163 Å². The Morgan fingerprint density at radius 2 is 1.58 bits per heavy atom. The van der Waals surface area contributed by atoms with E-state index in [0.29, 0.717) is 54.8 Å². The first-order chi connectivity index (χ1) is 23.9. The average Bonchev–Trinajstić information content (AvgIpc) is 3.51. The number of hydrogen-bond acceptors (Lipinski definition) is 6. The van der Waals surface area contributed by atoms with E-state index in [1.54, 1.807) is 28.9 Å². The number of piperidine rings is 1. The lowest BCUT2D eigenvalue weighted by Gasteiger charge is -2.30. The second-order valence-electron chi connectivity index (χ2n) is 13.3. The molecule has 13 nitrogen and oxygen atoms in total. The third kappa shape index (κ3) is 7.95. The third-order valence-electron chi connectivity index (χ3n) is 8.43. The summed E-state index contributed by atoms with van der Waals surface area (Å²) in [6.45, 7) is 8.98. The highest BCUT2D eigenvalue weighted by Gasteiger charge is 2.24. The van der Waals surface area contributed by atoms with Gasteiger partial charge in [-0.25, -0.2) is 24.0 Å². The van der Waals surface area contributed by atoms with Gasteiger partial charge in [0.2, 0.25) is 0 Å². The maximum atomic E-state index is 13.4. The van der Waals surface area contributed by atoms with Crippen LogP contribution in [0.2, 0.25) is 0 Å². The maximum Gasteiger partial charge on any atom is 0.407 e. The first-order valence-electron chi connectivity index (χ1n) is 16.4. The number of nitrogens with zero attached hydrogens (tertiary/aromatic N) is 4. The van der Waals surface area contributed by atoms with Crippen LogP contribution in [0.15, 0.2) is 85.1 Å². The maximum absolute atomic E-state index is 13.4. The summed E-state index contributed by atoms with van der Waals surface area (Å²) >= 11 is 0. The molecule has 50 heavy (non-hydrogen) atoms. The lowest BCUT2D eigenvalue weighted by Crippen LogP contribution is -2.47. The summed E-state index contributed by atoms with van der Waals surface area (Å²) in [5, 5.41) is 27.1. The van der Waals surface area contributed by atoms with Crippen LogP contribution in [0.1, 0.15) is 44.9 Å². The van der Waals surface area contributed by atoms with E-state index in [1.807, 2.05) is 61.5 Å². The molecule has 5 aromatic rings. The molecule has 0 spiro atoms. The number of carbonyl (C=O) groups excluding carboxylic acids is 2. The van der Waals surface area contributed by atoms with Gasteiger partial charge in [0, 0.05) is 53.6 Å². The van der Waals surface area contributed by atoms with E-state index in [0.717, 1.165) is 27.7 Å². The second kappa shape index (κ2) is 14.2. The fourth-order valence-corrected chi connectivity index (χ4v) is 5.68. The van der Waals surface area contributed by atoms with Crippen molar-refractivity contribution >= 4 is 46.3 Å². The summed E-state index contributed by atoms with van der Waals surface area (Å²) < 4.78 is 7.99. The molecule has 0 atom stereocenters. The van der Waals surface area contributed by atoms with E-state index in [1.165, 1.54) is 11.1 Å². The van der Waals surface area contributed by atoms with Crippen LogP contribution in [0.5, 0.6) is 11.5 Å². The minimum absolute atomic E-state index is 0.137. The molecule has 0 radical (unpaired) electrons. The van der Waals surface area contributed by atoms with Crippen LogP contribution < -0.4 is 26.0 Å². The second-order valence-corrected chi connectivity index (χ2v) is 13.3. The Labute approximate surface area is 289 Å². The Bertz CT molecular complexity index is 2030. The molecule has 3 heterocycles. The van der Waals surface area contributed by atoms with Crippen LogP contribution in [0, 0.1) is 6.92 Å². The van der Waals surface area contributed by atoms with E-state index >= 15 is 0 Å². The van der Waals surface area contributed by atoms with Crippen molar-refractivity contribution in [1.82, 2.24) is 25.0 Å². The molecule has 1 aliphatic heterocycles. The molecule has 0 aliphatic carbocycles. The molecule has 13 heteroatoms. The molecule has 1 saturated heterocycles. The number of carbonyl (C=O) groups is 3. The average molecular weight is 677 g/mol. The summed E-state index contributed by atoms with van der Waals surface area (Å²) in [6, 6.07) is 23.3. The molecule has 0 bridgehead atoms. The van der Waals surface area contributed by atoms with Crippen molar-refractivity contribution < 1.29 is 24.2 Å². The number of benzene rings is 3. The van der Waals surface area contributed by atoms with Gasteiger partial charge >= 0.3 is 18.2 Å². The minimum atomic E-state index is -0.953. The van der Waals surface area contributed by atoms with Gasteiger partial charge in [0.05, 0.1) is 17.1 Å². The van der Waals surface area contributed by atoms with Crippen molar-refractivity contribution in [2.75, 3.05) is 29.0 Å². The Balaban J connectivity index is 1.15. The largest absolute Gasteiger partial charge is 0.465 e. The van der Waals surface area contributed by atoms with Crippen LogP contribution in [0.4, 0.5) is 31.7 Å². The highest BCUT2D eigenvalue weighted by atomic mass is 16.5. The van der Waals surface area contributed by atoms with Gasteiger partial charge in [-0.05, 0) is 50.1 Å². The molecule has 5 amide bonds. The number of urea groups is 2. The standard InChI is InChI=1S/C37H40N8O5/c1-23-9-11-25(12-10-23)45-33(22-31(43-45)37(2,3)4)42-35(47)40-29-13-14-30(28-8-6-5-7-27(28)29)50-26-15-18-38-32(21-26)41-34(46)39-24-16-19-44(20-17-24)36(48)49/h5-15,18,21-22,24H,16-17,19-20H2,1-4H3,(H,48,49)(H2,40,42,47)(H2,38,39,41,46). The molecule has 3 aromatic carbocycles. The summed E-state index contributed by atoms with van der Waals surface area (Å²) in [4.78, 5) is 42.8. The van der Waals surface area contributed by atoms with Crippen LogP contribution in [-0.4, -0.2) is 62.1 Å². The summed E-state index contributed by atoms with van der Waals surface area (Å²) in [5.74, 6) is 1.83. The highest BCUT2D eigenvalue weighted by molar-refractivity contribution is 6.07. The van der Waals surface area contributed by atoms with Gasteiger partial charge < -0.3 is 25.4 Å². The van der Waals surface area contributed by atoms with Gasteiger partial charge in [0.25, 0.3) is 0 Å². The quantitative estimate of drug-likeness (QED) is 0.118. The van der Waals surface area contributed by atoms with Crippen molar-refractivity contribution in [3.05, 3.63) is 96.3 Å². The number of ether oxygens (including phenoxy) is 1. The van der Waals surface area contributed by atoms with Crippen LogP contribution in [0.25, 0.3) is 16.5 Å². The van der Waals surface area contributed by atoms with Crippen molar-refractivity contribution in [1.29, 1.82) is 0 Å². The fourth-order valence-electron chi connectivity index (χ4n) is 5.68. The smallest absolute Gasteiger partial charge is 0.407 e.